The minimum absolute atomic E-state index is 0.0331. The van der Waals surface area contributed by atoms with Crippen molar-refractivity contribution in [3.8, 4) is 0 Å². The fourth-order valence-electron chi connectivity index (χ4n) is 1.24. The maximum atomic E-state index is 11.8. The monoisotopic (exact) mass is 266 g/mol. The summed E-state index contributed by atoms with van der Waals surface area (Å²) in [7, 11) is -3.41. The molecular weight excluding hydrogens is 244 g/mol. The average Bonchev–Trinajstić information content (AvgIpc) is 1.99. The number of nitrogens with one attached hydrogen (secondary N) is 1. The highest BCUT2D eigenvalue weighted by molar-refractivity contribution is 7.93. The largest absolute Gasteiger partial charge is 0.392 e. The van der Waals surface area contributed by atoms with Gasteiger partial charge in [-0.15, -0.1) is 0 Å². The zero-order valence-electron chi connectivity index (χ0n) is 10.4. The molecule has 0 saturated carbocycles. The lowest BCUT2D eigenvalue weighted by Crippen LogP contribution is -2.42. The van der Waals surface area contributed by atoms with Crippen LogP contribution >= 0.6 is 12.2 Å². The molecule has 0 aromatic carbocycles. The maximum absolute atomic E-state index is 11.8. The standard InChI is InChI=1S/C10H22N2O2S2/c1-5-8(9(11)15)16(13,14)12-7-6-10(2,3)4/h8,12H,5-7H2,1-4H3,(H2,11,15). The Morgan fingerprint density at radius 3 is 2.25 bits per heavy atom. The van der Waals surface area contributed by atoms with Crippen LogP contribution in [0.5, 0.6) is 0 Å². The van der Waals surface area contributed by atoms with Gasteiger partial charge < -0.3 is 5.73 Å². The molecule has 0 heterocycles. The van der Waals surface area contributed by atoms with Crippen LogP contribution in [0.25, 0.3) is 0 Å². The van der Waals surface area contributed by atoms with Gasteiger partial charge in [0.05, 0.1) is 4.99 Å². The van der Waals surface area contributed by atoms with E-state index < -0.39 is 15.3 Å². The first kappa shape index (κ1) is 15.8. The number of nitrogens with two attached hydrogens (primary N) is 1. The van der Waals surface area contributed by atoms with E-state index in [4.69, 9.17) is 18.0 Å². The Morgan fingerprint density at radius 1 is 1.44 bits per heavy atom. The molecule has 4 nitrogen and oxygen atoms in total. The highest BCUT2D eigenvalue weighted by Crippen LogP contribution is 2.17. The van der Waals surface area contributed by atoms with E-state index >= 15 is 0 Å². The van der Waals surface area contributed by atoms with Crippen LogP contribution in [0.3, 0.4) is 0 Å². The second kappa shape index (κ2) is 5.93. The van der Waals surface area contributed by atoms with E-state index in [1.54, 1.807) is 6.92 Å². The summed E-state index contributed by atoms with van der Waals surface area (Å²) < 4.78 is 26.2. The maximum Gasteiger partial charge on any atom is 0.220 e. The SMILES string of the molecule is CCC(C(N)=S)S(=O)(=O)NCCC(C)(C)C. The zero-order chi connectivity index (χ0) is 13.0. The summed E-state index contributed by atoms with van der Waals surface area (Å²) >= 11 is 4.75. The Hall–Kier alpha value is -0.200. The summed E-state index contributed by atoms with van der Waals surface area (Å²) in [6.45, 7) is 8.36. The number of hydrogen-bond donors (Lipinski definition) is 2. The van der Waals surface area contributed by atoms with Gasteiger partial charge in [0.1, 0.15) is 5.25 Å². The first-order valence-corrected chi connectivity index (χ1v) is 7.33. The normalized spacial score (nSPS) is 14.8. The third kappa shape index (κ3) is 5.77. The van der Waals surface area contributed by atoms with E-state index in [1.807, 2.05) is 0 Å². The fourth-order valence-corrected chi connectivity index (χ4v) is 3.12. The van der Waals surface area contributed by atoms with Crippen LogP contribution in [0.4, 0.5) is 0 Å². The molecule has 0 bridgehead atoms. The molecule has 0 spiro atoms. The fraction of sp³-hybridized carbons (Fsp3) is 0.900. The van der Waals surface area contributed by atoms with Gasteiger partial charge in [-0.2, -0.15) is 0 Å². The summed E-state index contributed by atoms with van der Waals surface area (Å²) in [6.07, 6.45) is 1.18. The first-order valence-electron chi connectivity index (χ1n) is 5.38. The van der Waals surface area contributed by atoms with Gasteiger partial charge >= 0.3 is 0 Å². The van der Waals surface area contributed by atoms with Crippen molar-refractivity contribution in [2.24, 2.45) is 11.1 Å². The lowest BCUT2D eigenvalue weighted by Gasteiger charge is -2.20. The summed E-state index contributed by atoms with van der Waals surface area (Å²) in [5, 5.41) is -0.762. The highest BCUT2D eigenvalue weighted by atomic mass is 32.2. The van der Waals surface area contributed by atoms with Crippen LogP contribution in [0.15, 0.2) is 0 Å². The number of thiocarbonyl (C=S) groups is 1. The third-order valence-corrected chi connectivity index (χ3v) is 4.62. The van der Waals surface area contributed by atoms with E-state index in [0.717, 1.165) is 6.42 Å². The third-order valence-electron chi connectivity index (χ3n) is 2.24. The molecule has 0 amide bonds. The smallest absolute Gasteiger partial charge is 0.220 e. The van der Waals surface area contributed by atoms with Crippen molar-refractivity contribution in [2.75, 3.05) is 6.54 Å². The van der Waals surface area contributed by atoms with Gasteiger partial charge in [0.15, 0.2) is 0 Å². The Kier molecular flexibility index (Phi) is 5.86. The van der Waals surface area contributed by atoms with Crippen LogP contribution in [0.1, 0.15) is 40.5 Å². The van der Waals surface area contributed by atoms with Crippen LogP contribution < -0.4 is 10.5 Å². The molecule has 1 atom stereocenters. The van der Waals surface area contributed by atoms with Crippen molar-refractivity contribution in [2.45, 2.75) is 45.8 Å². The molecule has 0 aromatic heterocycles. The zero-order valence-corrected chi connectivity index (χ0v) is 12.0. The van der Waals surface area contributed by atoms with Crippen molar-refractivity contribution < 1.29 is 8.42 Å². The van der Waals surface area contributed by atoms with Crippen LogP contribution in [0.2, 0.25) is 0 Å². The molecular formula is C10H22N2O2S2. The van der Waals surface area contributed by atoms with Crippen LogP contribution in [0, 0.1) is 5.41 Å². The number of rotatable bonds is 6. The Balaban J connectivity index is 4.41. The molecule has 0 aromatic rings. The molecule has 0 fully saturated rings. The van der Waals surface area contributed by atoms with Gasteiger partial charge in [-0.1, -0.05) is 39.9 Å². The lowest BCUT2D eigenvalue weighted by molar-refractivity contribution is 0.378. The quantitative estimate of drug-likeness (QED) is 0.713. The van der Waals surface area contributed by atoms with Gasteiger partial charge in [0.25, 0.3) is 0 Å². The van der Waals surface area contributed by atoms with Crippen molar-refractivity contribution in [3.05, 3.63) is 0 Å². The molecule has 0 saturated heterocycles. The van der Waals surface area contributed by atoms with E-state index in [0.29, 0.717) is 13.0 Å². The predicted molar refractivity (Wildman–Crippen MR) is 71.9 cm³/mol. The van der Waals surface area contributed by atoms with Crippen LogP contribution in [-0.2, 0) is 10.0 Å². The Bertz CT molecular complexity index is 331. The molecule has 0 aliphatic heterocycles. The van der Waals surface area contributed by atoms with Crippen molar-refractivity contribution in [3.63, 3.8) is 0 Å². The minimum Gasteiger partial charge on any atom is -0.392 e. The molecule has 6 heteroatoms. The summed E-state index contributed by atoms with van der Waals surface area (Å²) in [5.74, 6) is 0. The van der Waals surface area contributed by atoms with Gasteiger partial charge in [0.2, 0.25) is 10.0 Å². The van der Waals surface area contributed by atoms with E-state index in [-0.39, 0.29) is 10.4 Å². The first-order chi connectivity index (χ1) is 7.10. The average molecular weight is 266 g/mol. The minimum atomic E-state index is -3.41. The molecule has 0 aliphatic carbocycles. The Labute approximate surface area is 104 Å². The van der Waals surface area contributed by atoms with Gasteiger partial charge in [-0.3, -0.25) is 0 Å². The second-order valence-electron chi connectivity index (χ2n) is 5.05. The second-order valence-corrected chi connectivity index (χ2v) is 7.47. The lowest BCUT2D eigenvalue weighted by atomic mass is 9.93. The molecule has 0 aliphatic rings. The molecule has 96 valence electrons. The van der Waals surface area contributed by atoms with Gasteiger partial charge in [0, 0.05) is 6.54 Å². The summed E-state index contributed by atoms with van der Waals surface area (Å²) in [5.41, 5.74) is 5.51. The molecule has 16 heavy (non-hydrogen) atoms. The summed E-state index contributed by atoms with van der Waals surface area (Å²) in [4.78, 5) is 0.0331. The molecule has 0 rings (SSSR count). The number of sulfonamides is 1. The Morgan fingerprint density at radius 2 is 1.94 bits per heavy atom. The van der Waals surface area contributed by atoms with Crippen LogP contribution in [-0.4, -0.2) is 25.2 Å². The van der Waals surface area contributed by atoms with Gasteiger partial charge in [-0.05, 0) is 18.3 Å². The van der Waals surface area contributed by atoms with Crippen molar-refractivity contribution in [1.82, 2.24) is 4.72 Å². The molecule has 1 unspecified atom stereocenters. The predicted octanol–water partition coefficient (Wildman–Crippen LogP) is 1.41. The van der Waals surface area contributed by atoms with Crippen molar-refractivity contribution in [1.29, 1.82) is 0 Å². The van der Waals surface area contributed by atoms with Crippen molar-refractivity contribution >= 4 is 27.2 Å². The highest BCUT2D eigenvalue weighted by Gasteiger charge is 2.26. The number of hydrogen-bond acceptors (Lipinski definition) is 3. The summed E-state index contributed by atoms with van der Waals surface area (Å²) in [6, 6.07) is 0. The molecule has 0 radical (unpaired) electrons. The van der Waals surface area contributed by atoms with E-state index in [9.17, 15) is 8.42 Å². The topological polar surface area (TPSA) is 72.2 Å². The van der Waals surface area contributed by atoms with Gasteiger partial charge in [-0.25, -0.2) is 13.1 Å². The van der Waals surface area contributed by atoms with E-state index in [1.165, 1.54) is 0 Å². The molecule has 3 N–H and O–H groups in total. The van der Waals surface area contributed by atoms with E-state index in [2.05, 4.69) is 25.5 Å².